The number of ether oxygens (including phenoxy) is 1. The maximum Gasteiger partial charge on any atom is 0.313 e. The summed E-state index contributed by atoms with van der Waals surface area (Å²) in [5.74, 6) is 0.292. The van der Waals surface area contributed by atoms with Crippen molar-refractivity contribution in [2.24, 2.45) is 0 Å². The van der Waals surface area contributed by atoms with E-state index >= 15 is 0 Å². The van der Waals surface area contributed by atoms with Crippen molar-refractivity contribution in [3.05, 3.63) is 62.7 Å². The van der Waals surface area contributed by atoms with Crippen LogP contribution in [0.2, 0.25) is 5.02 Å². The molecule has 0 amide bonds. The zero-order chi connectivity index (χ0) is 15.4. The monoisotopic (exact) mass is 366 g/mol. The van der Waals surface area contributed by atoms with E-state index in [1.54, 1.807) is 18.2 Å². The minimum absolute atomic E-state index is 0.0347. The minimum atomic E-state index is -0.583. The SMILES string of the molecule is N#Cc1cc(CBr)ccc1Oc1ccc(Cl)cc1[N+](=O)[O-]. The Morgan fingerprint density at radius 2 is 2.00 bits per heavy atom. The van der Waals surface area contributed by atoms with Gasteiger partial charge in [-0.05, 0) is 29.8 Å². The van der Waals surface area contributed by atoms with Gasteiger partial charge in [-0.1, -0.05) is 33.6 Å². The van der Waals surface area contributed by atoms with Crippen LogP contribution >= 0.6 is 27.5 Å². The summed E-state index contributed by atoms with van der Waals surface area (Å²) in [5, 5.41) is 21.0. The molecule has 0 spiro atoms. The molecule has 0 bridgehead atoms. The first-order valence-electron chi connectivity index (χ1n) is 5.76. The van der Waals surface area contributed by atoms with Gasteiger partial charge in [-0.15, -0.1) is 0 Å². The van der Waals surface area contributed by atoms with Gasteiger partial charge in [-0.2, -0.15) is 5.26 Å². The topological polar surface area (TPSA) is 76.2 Å². The summed E-state index contributed by atoms with van der Waals surface area (Å²) in [5.41, 5.74) is 0.955. The van der Waals surface area contributed by atoms with Crippen LogP contribution in [0.15, 0.2) is 36.4 Å². The maximum absolute atomic E-state index is 11.0. The molecule has 2 aromatic rings. The molecule has 0 radical (unpaired) electrons. The molecule has 0 heterocycles. The molecule has 0 saturated heterocycles. The number of hydrogen-bond acceptors (Lipinski definition) is 4. The van der Waals surface area contributed by atoms with Crippen LogP contribution in [0, 0.1) is 21.4 Å². The lowest BCUT2D eigenvalue weighted by atomic mass is 10.1. The Bertz CT molecular complexity index is 743. The summed E-state index contributed by atoms with van der Waals surface area (Å²) in [7, 11) is 0. The van der Waals surface area contributed by atoms with E-state index in [0.717, 1.165) is 5.56 Å². The van der Waals surface area contributed by atoms with Crippen molar-refractivity contribution in [2.75, 3.05) is 0 Å². The Balaban J connectivity index is 2.43. The molecule has 2 rings (SSSR count). The van der Waals surface area contributed by atoms with E-state index in [4.69, 9.17) is 21.6 Å². The van der Waals surface area contributed by atoms with Gasteiger partial charge >= 0.3 is 5.69 Å². The number of nitro groups is 1. The molecule has 5 nitrogen and oxygen atoms in total. The van der Waals surface area contributed by atoms with Crippen molar-refractivity contribution in [3.63, 3.8) is 0 Å². The highest BCUT2D eigenvalue weighted by atomic mass is 79.9. The number of alkyl halides is 1. The fourth-order valence-corrected chi connectivity index (χ4v) is 2.19. The quantitative estimate of drug-likeness (QED) is 0.441. The summed E-state index contributed by atoms with van der Waals surface area (Å²) >= 11 is 9.04. The highest BCUT2D eigenvalue weighted by Gasteiger charge is 2.17. The van der Waals surface area contributed by atoms with E-state index in [0.29, 0.717) is 10.9 Å². The van der Waals surface area contributed by atoms with Gasteiger partial charge in [-0.25, -0.2) is 0 Å². The van der Waals surface area contributed by atoms with E-state index in [1.807, 2.05) is 6.07 Å². The van der Waals surface area contributed by atoms with Crippen LogP contribution in [-0.4, -0.2) is 4.92 Å². The van der Waals surface area contributed by atoms with Crippen molar-refractivity contribution in [1.29, 1.82) is 5.26 Å². The molecule has 21 heavy (non-hydrogen) atoms. The second-order valence-corrected chi connectivity index (χ2v) is 5.04. The largest absolute Gasteiger partial charge is 0.449 e. The molecule has 0 fully saturated rings. The molecule has 0 aliphatic carbocycles. The third-order valence-electron chi connectivity index (χ3n) is 2.66. The van der Waals surface area contributed by atoms with Crippen molar-refractivity contribution in [3.8, 4) is 17.6 Å². The summed E-state index contributed by atoms with van der Waals surface area (Å²) < 4.78 is 5.51. The van der Waals surface area contributed by atoms with E-state index in [1.165, 1.54) is 18.2 Å². The summed E-state index contributed by atoms with van der Waals surface area (Å²) in [6.07, 6.45) is 0. The van der Waals surface area contributed by atoms with Crippen LogP contribution in [0.1, 0.15) is 11.1 Å². The van der Waals surface area contributed by atoms with Crippen molar-refractivity contribution in [2.45, 2.75) is 5.33 Å². The molecule has 0 saturated carbocycles. The van der Waals surface area contributed by atoms with Gasteiger partial charge in [0.1, 0.15) is 11.8 Å². The third-order valence-corrected chi connectivity index (χ3v) is 3.54. The van der Waals surface area contributed by atoms with Gasteiger partial charge in [0.15, 0.2) is 0 Å². The molecule has 0 aliphatic rings. The first-order chi connectivity index (χ1) is 10.0. The Morgan fingerprint density at radius 1 is 1.29 bits per heavy atom. The molecule has 0 aliphatic heterocycles. The molecule has 2 aromatic carbocycles. The van der Waals surface area contributed by atoms with E-state index < -0.39 is 4.92 Å². The Labute approximate surface area is 134 Å². The first kappa shape index (κ1) is 15.3. The van der Waals surface area contributed by atoms with Crippen molar-refractivity contribution in [1.82, 2.24) is 0 Å². The van der Waals surface area contributed by atoms with Gasteiger partial charge in [0.05, 0.1) is 10.5 Å². The van der Waals surface area contributed by atoms with E-state index in [-0.39, 0.29) is 22.2 Å². The van der Waals surface area contributed by atoms with Gasteiger partial charge in [-0.3, -0.25) is 10.1 Å². The smallest absolute Gasteiger partial charge is 0.313 e. The van der Waals surface area contributed by atoms with Gasteiger partial charge < -0.3 is 4.74 Å². The minimum Gasteiger partial charge on any atom is -0.449 e. The van der Waals surface area contributed by atoms with Gasteiger partial charge in [0, 0.05) is 16.4 Å². The molecule has 7 heteroatoms. The zero-order valence-corrected chi connectivity index (χ0v) is 12.9. The molecular weight excluding hydrogens is 360 g/mol. The predicted molar refractivity (Wildman–Crippen MR) is 82.0 cm³/mol. The Morgan fingerprint density at radius 3 is 2.62 bits per heavy atom. The van der Waals surface area contributed by atoms with Crippen molar-refractivity contribution < 1.29 is 9.66 Å². The highest BCUT2D eigenvalue weighted by molar-refractivity contribution is 9.08. The molecule has 0 N–H and O–H groups in total. The molecular formula is C14H8BrClN2O3. The molecule has 106 valence electrons. The number of nitro benzene ring substituents is 1. The maximum atomic E-state index is 11.0. The number of halogens is 2. The summed E-state index contributed by atoms with van der Waals surface area (Å²) in [6.45, 7) is 0. The lowest BCUT2D eigenvalue weighted by Crippen LogP contribution is -1.95. The molecule has 0 unspecified atom stereocenters. The average molecular weight is 368 g/mol. The molecule has 0 atom stereocenters. The van der Waals surface area contributed by atoms with Gasteiger partial charge in [0.2, 0.25) is 5.75 Å². The first-order valence-corrected chi connectivity index (χ1v) is 7.26. The summed E-state index contributed by atoms with van der Waals surface area (Å²) in [6, 6.07) is 11.1. The van der Waals surface area contributed by atoms with Crippen LogP contribution in [0.25, 0.3) is 0 Å². The molecule has 0 aromatic heterocycles. The second kappa shape index (κ2) is 6.57. The number of nitrogens with zero attached hydrogens (tertiary/aromatic N) is 2. The number of hydrogen-bond donors (Lipinski definition) is 0. The average Bonchev–Trinajstić information content (AvgIpc) is 2.49. The lowest BCUT2D eigenvalue weighted by molar-refractivity contribution is -0.385. The van der Waals surface area contributed by atoms with Gasteiger partial charge in [0.25, 0.3) is 0 Å². The fourth-order valence-electron chi connectivity index (χ4n) is 1.67. The van der Waals surface area contributed by atoms with Crippen LogP contribution in [-0.2, 0) is 5.33 Å². The predicted octanol–water partition coefficient (Wildman–Crippen LogP) is 4.81. The number of nitriles is 1. The second-order valence-electron chi connectivity index (χ2n) is 4.05. The highest BCUT2D eigenvalue weighted by Crippen LogP contribution is 2.35. The van der Waals surface area contributed by atoms with Crippen molar-refractivity contribution >= 4 is 33.2 Å². The lowest BCUT2D eigenvalue weighted by Gasteiger charge is -2.09. The fraction of sp³-hybridized carbons (Fsp3) is 0.0714. The summed E-state index contributed by atoms with van der Waals surface area (Å²) in [4.78, 5) is 10.4. The van der Waals surface area contributed by atoms with E-state index in [2.05, 4.69) is 15.9 Å². The third kappa shape index (κ3) is 3.51. The zero-order valence-electron chi connectivity index (χ0n) is 10.5. The number of rotatable bonds is 4. The van der Waals surface area contributed by atoms with Crippen LogP contribution in [0.3, 0.4) is 0 Å². The normalized spacial score (nSPS) is 9.95. The van der Waals surface area contributed by atoms with Crippen LogP contribution in [0.4, 0.5) is 5.69 Å². The standard InChI is InChI=1S/C14H8BrClN2O3/c15-7-9-1-3-13(10(5-9)8-17)21-14-4-2-11(16)6-12(14)18(19)20/h1-6H,7H2. The van der Waals surface area contributed by atoms with Crippen LogP contribution in [0.5, 0.6) is 11.5 Å². The Hall–Kier alpha value is -2.10. The van der Waals surface area contributed by atoms with Crippen LogP contribution < -0.4 is 4.74 Å². The number of benzene rings is 2. The Kier molecular flexibility index (Phi) is 4.78. The van der Waals surface area contributed by atoms with E-state index in [9.17, 15) is 10.1 Å².